The molecular weight excluding hydrogens is 344 g/mol. The third-order valence-electron chi connectivity index (χ3n) is 5.21. The molecule has 3 aliphatic rings. The summed E-state index contributed by atoms with van der Waals surface area (Å²) in [4.78, 5) is 27.9. The molecule has 1 aromatic carbocycles. The molecule has 0 aliphatic carbocycles. The highest BCUT2D eigenvalue weighted by Gasteiger charge is 2.64. The summed E-state index contributed by atoms with van der Waals surface area (Å²) in [6, 6.07) is 8.98. The highest BCUT2D eigenvalue weighted by Crippen LogP contribution is 2.55. The number of terminal acetylenes is 1. The number of benzene rings is 1. The van der Waals surface area contributed by atoms with E-state index in [-0.39, 0.29) is 23.5 Å². The standard InChI is InChI=1S/C20H16N4O3/c1-4-9-24-13-8-6-5-7-11(13)20(18(24)26)12(10-21)16(22)23-15-14(20)17(25)27-19(15,2)3/h1,5-8,23H,9,22H2,2-3H3/t20-/m1/s1. The minimum absolute atomic E-state index is 0.00466. The molecule has 1 aromatic rings. The van der Waals surface area contributed by atoms with Crippen LogP contribution < -0.4 is 16.0 Å². The smallest absolute Gasteiger partial charge is 0.338 e. The summed E-state index contributed by atoms with van der Waals surface area (Å²) >= 11 is 0. The Morgan fingerprint density at radius 3 is 2.70 bits per heavy atom. The quantitative estimate of drug-likeness (QED) is 0.566. The van der Waals surface area contributed by atoms with E-state index in [2.05, 4.69) is 11.2 Å². The number of nitriles is 1. The first-order valence-electron chi connectivity index (χ1n) is 8.31. The Labute approximate surface area is 156 Å². The molecule has 0 saturated heterocycles. The van der Waals surface area contributed by atoms with E-state index in [1.807, 2.05) is 6.07 Å². The van der Waals surface area contributed by atoms with Gasteiger partial charge in [-0.15, -0.1) is 6.42 Å². The fourth-order valence-corrected chi connectivity index (χ4v) is 4.14. The topological polar surface area (TPSA) is 108 Å². The summed E-state index contributed by atoms with van der Waals surface area (Å²) in [6.07, 6.45) is 5.46. The number of nitrogens with zero attached hydrogens (tertiary/aromatic N) is 2. The van der Waals surface area contributed by atoms with Crippen molar-refractivity contribution in [1.29, 1.82) is 5.26 Å². The predicted molar refractivity (Wildman–Crippen MR) is 96.5 cm³/mol. The van der Waals surface area contributed by atoms with Crippen molar-refractivity contribution in [3.8, 4) is 18.4 Å². The predicted octanol–water partition coefficient (Wildman–Crippen LogP) is 0.791. The van der Waals surface area contributed by atoms with Crippen molar-refractivity contribution in [3.63, 3.8) is 0 Å². The van der Waals surface area contributed by atoms with E-state index in [9.17, 15) is 14.9 Å². The van der Waals surface area contributed by atoms with Gasteiger partial charge < -0.3 is 15.8 Å². The molecule has 4 rings (SSSR count). The first kappa shape index (κ1) is 16.7. The number of fused-ring (bicyclic) bond motifs is 3. The summed E-state index contributed by atoms with van der Waals surface area (Å²) in [5.41, 5.74) is 4.94. The molecule has 0 unspecified atom stereocenters. The van der Waals surface area contributed by atoms with Crippen molar-refractivity contribution < 1.29 is 14.3 Å². The van der Waals surface area contributed by atoms with Gasteiger partial charge in [0, 0.05) is 11.3 Å². The number of cyclic esters (lactones) is 1. The Kier molecular flexibility index (Phi) is 3.19. The van der Waals surface area contributed by atoms with Gasteiger partial charge in [-0.25, -0.2) is 4.79 Å². The highest BCUT2D eigenvalue weighted by atomic mass is 16.6. The van der Waals surface area contributed by atoms with Gasteiger partial charge in [-0.3, -0.25) is 9.69 Å². The zero-order valence-corrected chi connectivity index (χ0v) is 14.8. The number of carbonyl (C=O) groups is 2. The maximum Gasteiger partial charge on any atom is 0.338 e. The van der Waals surface area contributed by atoms with Gasteiger partial charge in [0.1, 0.15) is 22.9 Å². The van der Waals surface area contributed by atoms with Gasteiger partial charge >= 0.3 is 5.97 Å². The second kappa shape index (κ2) is 5.15. The van der Waals surface area contributed by atoms with Crippen molar-refractivity contribution in [3.05, 3.63) is 52.5 Å². The van der Waals surface area contributed by atoms with Crippen LogP contribution in [0.1, 0.15) is 19.4 Å². The van der Waals surface area contributed by atoms with E-state index in [4.69, 9.17) is 16.9 Å². The molecule has 1 amide bonds. The van der Waals surface area contributed by atoms with Gasteiger partial charge in [-0.05, 0) is 19.9 Å². The monoisotopic (exact) mass is 360 g/mol. The summed E-state index contributed by atoms with van der Waals surface area (Å²) in [6.45, 7) is 3.40. The second-order valence-corrected chi connectivity index (χ2v) is 7.04. The van der Waals surface area contributed by atoms with Crippen molar-refractivity contribution >= 4 is 17.6 Å². The van der Waals surface area contributed by atoms with Gasteiger partial charge in [0.05, 0.1) is 23.4 Å². The first-order chi connectivity index (χ1) is 12.8. The zero-order valence-electron chi connectivity index (χ0n) is 14.8. The van der Waals surface area contributed by atoms with Crippen LogP contribution in [0, 0.1) is 23.7 Å². The summed E-state index contributed by atoms with van der Waals surface area (Å²) in [5.74, 6) is 1.34. The molecule has 1 spiro atoms. The Morgan fingerprint density at radius 2 is 2.04 bits per heavy atom. The number of nitrogens with two attached hydrogens (primary N) is 1. The van der Waals surface area contributed by atoms with Crippen molar-refractivity contribution in [2.75, 3.05) is 11.4 Å². The third kappa shape index (κ3) is 1.81. The van der Waals surface area contributed by atoms with Crippen molar-refractivity contribution in [1.82, 2.24) is 5.32 Å². The molecule has 0 saturated carbocycles. The van der Waals surface area contributed by atoms with Crippen LogP contribution in [0.2, 0.25) is 0 Å². The molecule has 7 heteroatoms. The van der Waals surface area contributed by atoms with Gasteiger partial charge in [-0.2, -0.15) is 5.26 Å². The highest BCUT2D eigenvalue weighted by molar-refractivity contribution is 6.19. The number of dihydropyridines is 1. The Bertz CT molecular complexity index is 1070. The SMILES string of the molecule is C#CCN1C(=O)[C@@]2(C(C#N)=C(N)NC3=C2C(=O)OC3(C)C)c2ccccc21. The number of amides is 1. The lowest BCUT2D eigenvalue weighted by Crippen LogP contribution is -2.50. The molecule has 0 aromatic heterocycles. The van der Waals surface area contributed by atoms with E-state index in [1.54, 1.807) is 38.1 Å². The number of carbonyl (C=O) groups excluding carboxylic acids is 2. The summed E-state index contributed by atoms with van der Waals surface area (Å²) < 4.78 is 5.50. The van der Waals surface area contributed by atoms with Crippen molar-refractivity contribution in [2.24, 2.45) is 5.73 Å². The van der Waals surface area contributed by atoms with E-state index in [1.165, 1.54) is 4.90 Å². The van der Waals surface area contributed by atoms with Crippen LogP contribution in [0.25, 0.3) is 0 Å². The largest absolute Gasteiger partial charge is 0.450 e. The summed E-state index contributed by atoms with van der Waals surface area (Å²) in [7, 11) is 0. The number of hydrogen-bond donors (Lipinski definition) is 2. The van der Waals surface area contributed by atoms with Gasteiger partial charge in [0.2, 0.25) is 5.91 Å². The molecule has 0 fully saturated rings. The average Bonchev–Trinajstić information content (AvgIpc) is 2.99. The minimum Gasteiger partial charge on any atom is -0.450 e. The zero-order chi connectivity index (χ0) is 19.6. The summed E-state index contributed by atoms with van der Waals surface area (Å²) in [5, 5.41) is 12.8. The number of nitrogens with one attached hydrogen (secondary N) is 1. The third-order valence-corrected chi connectivity index (χ3v) is 5.21. The molecule has 1 atom stereocenters. The van der Waals surface area contributed by atoms with Crippen LogP contribution >= 0.6 is 0 Å². The fourth-order valence-electron chi connectivity index (χ4n) is 4.14. The number of hydrogen-bond acceptors (Lipinski definition) is 6. The molecule has 27 heavy (non-hydrogen) atoms. The van der Waals surface area contributed by atoms with Crippen LogP contribution in [0.4, 0.5) is 5.69 Å². The maximum atomic E-state index is 13.7. The molecule has 3 N–H and O–H groups in total. The number of anilines is 1. The molecule has 3 aliphatic heterocycles. The minimum atomic E-state index is -1.67. The van der Waals surface area contributed by atoms with Crippen LogP contribution in [-0.4, -0.2) is 24.0 Å². The van der Waals surface area contributed by atoms with Crippen LogP contribution in [0.3, 0.4) is 0 Å². The van der Waals surface area contributed by atoms with E-state index in [0.717, 1.165) is 0 Å². The molecule has 0 bridgehead atoms. The van der Waals surface area contributed by atoms with Gasteiger partial charge in [-0.1, -0.05) is 24.1 Å². The van der Waals surface area contributed by atoms with Crippen LogP contribution in [0.5, 0.6) is 0 Å². The average molecular weight is 360 g/mol. The Morgan fingerprint density at radius 1 is 1.33 bits per heavy atom. The van der Waals surface area contributed by atoms with Crippen LogP contribution in [0.15, 0.2) is 46.9 Å². The Hall–Kier alpha value is -3.71. The second-order valence-electron chi connectivity index (χ2n) is 7.04. The maximum absolute atomic E-state index is 13.7. The fraction of sp³-hybridized carbons (Fsp3) is 0.250. The molecule has 134 valence electrons. The van der Waals surface area contributed by atoms with E-state index >= 15 is 0 Å². The molecule has 0 radical (unpaired) electrons. The number of ether oxygens (including phenoxy) is 1. The first-order valence-corrected chi connectivity index (χ1v) is 8.31. The van der Waals surface area contributed by atoms with E-state index in [0.29, 0.717) is 16.9 Å². The van der Waals surface area contributed by atoms with Crippen LogP contribution in [-0.2, 0) is 19.7 Å². The molecule has 3 heterocycles. The number of para-hydroxylation sites is 1. The van der Waals surface area contributed by atoms with Crippen molar-refractivity contribution in [2.45, 2.75) is 24.9 Å². The van der Waals surface area contributed by atoms with Gasteiger partial charge in [0.25, 0.3) is 0 Å². The molecular formula is C20H16N4O3. The van der Waals surface area contributed by atoms with E-state index < -0.39 is 22.9 Å². The Balaban J connectivity index is 2.15. The normalized spacial score (nSPS) is 25.0. The van der Waals surface area contributed by atoms with Gasteiger partial charge in [0.15, 0.2) is 0 Å². The number of esters is 1. The number of rotatable bonds is 1. The molecule has 7 nitrogen and oxygen atoms in total. The lowest BCUT2D eigenvalue weighted by molar-refractivity contribution is -0.145. The lowest BCUT2D eigenvalue weighted by Gasteiger charge is -2.34. The lowest BCUT2D eigenvalue weighted by atomic mass is 9.67.